The third kappa shape index (κ3) is 3.70. The number of hydrogen-bond acceptors (Lipinski definition) is 6. The zero-order chi connectivity index (χ0) is 19.5. The van der Waals surface area contributed by atoms with Crippen LogP contribution < -0.4 is 0 Å². The van der Waals surface area contributed by atoms with Gasteiger partial charge in [0.25, 0.3) is 11.9 Å². The fraction of sp³-hybridized carbons (Fsp3) is 0.400. The van der Waals surface area contributed by atoms with Crippen molar-refractivity contribution < 1.29 is 9.53 Å². The minimum absolute atomic E-state index is 0.000684. The van der Waals surface area contributed by atoms with E-state index in [1.807, 2.05) is 28.5 Å². The number of nitrogens with zero attached hydrogens (tertiary/aromatic N) is 5. The summed E-state index contributed by atoms with van der Waals surface area (Å²) in [5.41, 5.74) is 2.06. The van der Waals surface area contributed by atoms with Gasteiger partial charge in [-0.1, -0.05) is 13.0 Å². The number of rotatable bonds is 5. The van der Waals surface area contributed by atoms with E-state index >= 15 is 0 Å². The van der Waals surface area contributed by atoms with Crippen molar-refractivity contribution in [2.75, 3.05) is 20.2 Å². The van der Waals surface area contributed by atoms with Crippen molar-refractivity contribution in [2.24, 2.45) is 5.92 Å². The normalized spacial score (nSPS) is 17.1. The topological polar surface area (TPSA) is 73.1 Å². The summed E-state index contributed by atoms with van der Waals surface area (Å²) in [5, 5.41) is 6.44. The minimum Gasteiger partial charge on any atom is -0.378 e. The van der Waals surface area contributed by atoms with Crippen LogP contribution in [0.15, 0.2) is 36.0 Å². The number of piperidine rings is 1. The Balaban J connectivity index is 1.69. The summed E-state index contributed by atoms with van der Waals surface area (Å²) in [5.74, 6) is 0.952. The SMILES string of the molecule is COCc1c(C(=O)N2CCCC(C)C2)cnn1-c1nccc(-c2cccs2)n1. The maximum absolute atomic E-state index is 13.1. The standard InChI is InChI=1S/C20H23N5O2S/c1-14-5-3-9-24(12-14)19(26)15-11-22-25(17(15)13-27-2)20-21-8-7-16(23-20)18-6-4-10-28-18/h4,6-8,10-11,14H,3,5,9,12-13H2,1-2H3. The van der Waals surface area contributed by atoms with Gasteiger partial charge in [-0.3, -0.25) is 4.79 Å². The molecule has 1 unspecified atom stereocenters. The molecule has 7 nitrogen and oxygen atoms in total. The van der Waals surface area contributed by atoms with Crippen LogP contribution in [0.3, 0.4) is 0 Å². The average Bonchev–Trinajstić information content (AvgIpc) is 3.38. The average molecular weight is 398 g/mol. The highest BCUT2D eigenvalue weighted by atomic mass is 32.1. The number of ether oxygens (including phenoxy) is 1. The van der Waals surface area contributed by atoms with Crippen molar-refractivity contribution >= 4 is 17.2 Å². The third-order valence-electron chi connectivity index (χ3n) is 4.93. The van der Waals surface area contributed by atoms with Gasteiger partial charge in [0.05, 0.1) is 34.6 Å². The Hall–Kier alpha value is -2.58. The zero-order valence-electron chi connectivity index (χ0n) is 16.0. The van der Waals surface area contributed by atoms with Gasteiger partial charge in [0.1, 0.15) is 0 Å². The summed E-state index contributed by atoms with van der Waals surface area (Å²) < 4.78 is 6.98. The van der Waals surface area contributed by atoms with E-state index in [2.05, 4.69) is 22.0 Å². The molecule has 28 heavy (non-hydrogen) atoms. The van der Waals surface area contributed by atoms with Crippen LogP contribution in [0.4, 0.5) is 0 Å². The second-order valence-corrected chi connectivity index (χ2v) is 8.02. The maximum Gasteiger partial charge on any atom is 0.257 e. The van der Waals surface area contributed by atoms with Gasteiger partial charge in [-0.25, -0.2) is 9.97 Å². The quantitative estimate of drug-likeness (QED) is 0.660. The van der Waals surface area contributed by atoms with Gasteiger partial charge in [-0.15, -0.1) is 11.3 Å². The third-order valence-corrected chi connectivity index (χ3v) is 5.82. The van der Waals surface area contributed by atoms with Crippen molar-refractivity contribution in [2.45, 2.75) is 26.4 Å². The number of amides is 1. The molecule has 3 aromatic rings. The van der Waals surface area contributed by atoms with E-state index in [4.69, 9.17) is 4.74 Å². The summed E-state index contributed by atoms with van der Waals surface area (Å²) >= 11 is 1.62. The van der Waals surface area contributed by atoms with E-state index < -0.39 is 0 Å². The van der Waals surface area contributed by atoms with E-state index in [1.54, 1.807) is 35.5 Å². The fourth-order valence-corrected chi connectivity index (χ4v) is 4.25. The lowest BCUT2D eigenvalue weighted by Gasteiger charge is -2.30. The van der Waals surface area contributed by atoms with E-state index in [1.165, 1.54) is 0 Å². The Morgan fingerprint density at radius 1 is 1.39 bits per heavy atom. The molecule has 4 heterocycles. The summed E-state index contributed by atoms with van der Waals surface area (Å²) in [6.45, 7) is 4.01. The number of likely N-dealkylation sites (tertiary alicyclic amines) is 1. The van der Waals surface area contributed by atoms with Gasteiger partial charge in [0.15, 0.2) is 0 Å². The molecule has 1 amide bonds. The molecule has 1 aliphatic heterocycles. The number of carbonyl (C=O) groups is 1. The highest BCUT2D eigenvalue weighted by Crippen LogP contribution is 2.24. The van der Waals surface area contributed by atoms with Crippen LogP contribution in [0.2, 0.25) is 0 Å². The minimum atomic E-state index is -0.000684. The highest BCUT2D eigenvalue weighted by molar-refractivity contribution is 7.13. The zero-order valence-corrected chi connectivity index (χ0v) is 16.9. The number of methoxy groups -OCH3 is 1. The Bertz CT molecular complexity index is 953. The molecule has 0 bridgehead atoms. The lowest BCUT2D eigenvalue weighted by atomic mass is 9.99. The smallest absolute Gasteiger partial charge is 0.257 e. The number of thiophene rings is 1. The Kier molecular flexibility index (Phi) is 5.50. The van der Waals surface area contributed by atoms with Crippen LogP contribution in [0.1, 0.15) is 35.8 Å². The van der Waals surface area contributed by atoms with Crippen molar-refractivity contribution in [3.8, 4) is 16.5 Å². The predicted octanol–water partition coefficient (Wildman–Crippen LogP) is 3.41. The molecule has 0 saturated carbocycles. The molecule has 0 aliphatic carbocycles. The molecule has 0 N–H and O–H groups in total. The molecule has 1 atom stereocenters. The fourth-order valence-electron chi connectivity index (χ4n) is 3.56. The van der Waals surface area contributed by atoms with Crippen LogP contribution in [0, 0.1) is 5.92 Å². The van der Waals surface area contributed by atoms with E-state index in [-0.39, 0.29) is 12.5 Å². The first-order valence-electron chi connectivity index (χ1n) is 9.39. The summed E-state index contributed by atoms with van der Waals surface area (Å²) in [6.07, 6.45) is 5.52. The number of hydrogen-bond donors (Lipinski definition) is 0. The molecule has 4 rings (SSSR count). The molecule has 146 valence electrons. The lowest BCUT2D eigenvalue weighted by molar-refractivity contribution is 0.0678. The van der Waals surface area contributed by atoms with Crippen molar-refractivity contribution in [3.63, 3.8) is 0 Å². The molecular formula is C20H23N5O2S. The van der Waals surface area contributed by atoms with Crippen LogP contribution in [-0.4, -0.2) is 50.8 Å². The van der Waals surface area contributed by atoms with Gasteiger partial charge < -0.3 is 9.64 Å². The Morgan fingerprint density at radius 2 is 2.29 bits per heavy atom. The summed E-state index contributed by atoms with van der Waals surface area (Å²) in [7, 11) is 1.61. The van der Waals surface area contributed by atoms with Crippen molar-refractivity contribution in [1.82, 2.24) is 24.6 Å². The second kappa shape index (κ2) is 8.20. The molecule has 0 spiro atoms. The van der Waals surface area contributed by atoms with Crippen LogP contribution >= 0.6 is 11.3 Å². The molecule has 1 saturated heterocycles. The first-order chi connectivity index (χ1) is 13.7. The van der Waals surface area contributed by atoms with Crippen LogP contribution in [0.5, 0.6) is 0 Å². The predicted molar refractivity (Wildman–Crippen MR) is 107 cm³/mol. The van der Waals surface area contributed by atoms with Crippen LogP contribution in [0.25, 0.3) is 16.5 Å². The second-order valence-electron chi connectivity index (χ2n) is 7.07. The monoisotopic (exact) mass is 397 g/mol. The molecule has 0 radical (unpaired) electrons. The largest absolute Gasteiger partial charge is 0.378 e. The summed E-state index contributed by atoms with van der Waals surface area (Å²) in [6, 6.07) is 5.88. The number of carbonyl (C=O) groups excluding carboxylic acids is 1. The van der Waals surface area contributed by atoms with Gasteiger partial charge in [-0.05, 0) is 36.3 Å². The summed E-state index contributed by atoms with van der Waals surface area (Å²) in [4.78, 5) is 25.1. The molecule has 3 aromatic heterocycles. The Labute approximate surface area is 168 Å². The van der Waals surface area contributed by atoms with E-state index in [0.717, 1.165) is 36.5 Å². The number of aromatic nitrogens is 4. The molecular weight excluding hydrogens is 374 g/mol. The Morgan fingerprint density at radius 3 is 3.04 bits per heavy atom. The highest BCUT2D eigenvalue weighted by Gasteiger charge is 2.27. The van der Waals surface area contributed by atoms with Gasteiger partial charge in [0.2, 0.25) is 0 Å². The van der Waals surface area contributed by atoms with Crippen LogP contribution in [-0.2, 0) is 11.3 Å². The molecule has 0 aromatic carbocycles. The van der Waals surface area contributed by atoms with Crippen molar-refractivity contribution in [3.05, 3.63) is 47.2 Å². The molecule has 1 fully saturated rings. The maximum atomic E-state index is 13.1. The van der Waals surface area contributed by atoms with E-state index in [0.29, 0.717) is 23.1 Å². The van der Waals surface area contributed by atoms with Gasteiger partial charge in [-0.2, -0.15) is 9.78 Å². The van der Waals surface area contributed by atoms with Gasteiger partial charge in [0, 0.05) is 26.4 Å². The van der Waals surface area contributed by atoms with Crippen molar-refractivity contribution in [1.29, 1.82) is 0 Å². The van der Waals surface area contributed by atoms with E-state index in [9.17, 15) is 4.79 Å². The lowest BCUT2D eigenvalue weighted by Crippen LogP contribution is -2.39. The first kappa shape index (κ1) is 18.8. The molecule has 8 heteroatoms. The van der Waals surface area contributed by atoms with Gasteiger partial charge >= 0.3 is 0 Å². The molecule has 1 aliphatic rings. The first-order valence-corrected chi connectivity index (χ1v) is 10.3.